The highest BCUT2D eigenvalue weighted by Crippen LogP contribution is 2.39. The molecule has 0 fully saturated rings. The highest BCUT2D eigenvalue weighted by molar-refractivity contribution is 7.92. The van der Waals surface area contributed by atoms with Crippen LogP contribution in [0.1, 0.15) is 5.69 Å². The summed E-state index contributed by atoms with van der Waals surface area (Å²) in [5.41, 5.74) is 0.290. The largest absolute Gasteiger partial charge is 0.493 e. The van der Waals surface area contributed by atoms with Gasteiger partial charge in [0.15, 0.2) is 22.4 Å². The van der Waals surface area contributed by atoms with Crippen molar-refractivity contribution in [1.29, 1.82) is 0 Å². The van der Waals surface area contributed by atoms with Crippen LogP contribution in [0.2, 0.25) is 5.15 Å². The molecule has 4 aromatic rings. The van der Waals surface area contributed by atoms with Gasteiger partial charge in [0.05, 0.1) is 24.2 Å². The van der Waals surface area contributed by atoms with Crippen molar-refractivity contribution in [2.24, 2.45) is 7.05 Å². The Balaban J connectivity index is 1.70. The van der Waals surface area contributed by atoms with Crippen LogP contribution in [0.25, 0.3) is 0 Å². The molecule has 0 unspecified atom stereocenters. The molecule has 0 aliphatic rings. The number of carbonyl (C=O) groups excluding carboxylic acids is 1. The molecule has 11 nitrogen and oxygen atoms in total. The fourth-order valence-corrected chi connectivity index (χ4v) is 5.62. The predicted octanol–water partition coefficient (Wildman–Crippen LogP) is 5.22. The summed E-state index contributed by atoms with van der Waals surface area (Å²) in [5.74, 6) is -0.802. The number of para-hydroxylation sites is 1. The average molecular weight is 567 g/mol. The number of aromatic nitrogens is 3. The second-order valence-electron chi connectivity index (χ2n) is 7.44. The Bertz CT molecular complexity index is 1560. The lowest BCUT2D eigenvalue weighted by Gasteiger charge is -2.16. The van der Waals surface area contributed by atoms with Crippen LogP contribution in [0.15, 0.2) is 52.9 Å². The van der Waals surface area contributed by atoms with Gasteiger partial charge in [-0.1, -0.05) is 17.7 Å². The quantitative estimate of drug-likeness (QED) is 0.266. The van der Waals surface area contributed by atoms with Crippen LogP contribution < -0.4 is 24.8 Å². The third-order valence-electron chi connectivity index (χ3n) is 4.86. The Morgan fingerprint density at radius 2 is 1.97 bits per heavy atom. The van der Waals surface area contributed by atoms with Crippen LogP contribution in [0.3, 0.4) is 0 Å². The van der Waals surface area contributed by atoms with E-state index < -0.39 is 21.9 Å². The summed E-state index contributed by atoms with van der Waals surface area (Å²) in [6.45, 7) is 1.51. The number of thiazole rings is 1. The maximum Gasteiger partial charge on any atom is 0.325 e. The van der Waals surface area contributed by atoms with Gasteiger partial charge in [0.25, 0.3) is 10.0 Å². The smallest absolute Gasteiger partial charge is 0.325 e. The number of amides is 2. The van der Waals surface area contributed by atoms with Gasteiger partial charge < -0.3 is 14.8 Å². The first-order valence-electron chi connectivity index (χ1n) is 10.4. The number of benzene rings is 2. The minimum absolute atomic E-state index is 0.0104. The summed E-state index contributed by atoms with van der Waals surface area (Å²) >= 11 is 7.33. The number of nitrogens with one attached hydrogen (secondary N) is 3. The van der Waals surface area contributed by atoms with E-state index in [1.807, 2.05) is 0 Å². The van der Waals surface area contributed by atoms with Crippen molar-refractivity contribution < 1.29 is 27.1 Å². The first kappa shape index (κ1) is 26.2. The van der Waals surface area contributed by atoms with E-state index in [0.717, 1.165) is 0 Å². The predicted molar refractivity (Wildman–Crippen MR) is 138 cm³/mol. The molecular formula is C22H20ClFN6O5S2. The van der Waals surface area contributed by atoms with Gasteiger partial charge in [-0.2, -0.15) is 5.10 Å². The Kier molecular flexibility index (Phi) is 7.52. The Labute approximate surface area is 220 Å². The minimum Gasteiger partial charge on any atom is -0.493 e. The lowest BCUT2D eigenvalue weighted by atomic mass is 10.2. The highest BCUT2D eigenvalue weighted by Gasteiger charge is 2.26. The fraction of sp³-hybridized carbons (Fsp3) is 0.136. The van der Waals surface area contributed by atoms with E-state index >= 15 is 0 Å². The van der Waals surface area contributed by atoms with Crippen LogP contribution in [-0.2, 0) is 17.1 Å². The van der Waals surface area contributed by atoms with Gasteiger partial charge in [0.2, 0.25) is 5.75 Å². The zero-order chi connectivity index (χ0) is 26.7. The molecule has 4 rings (SSSR count). The van der Waals surface area contributed by atoms with Crippen LogP contribution in [0, 0.1) is 12.7 Å². The number of nitrogens with zero attached hydrogens (tertiary/aromatic N) is 3. The van der Waals surface area contributed by atoms with E-state index in [1.54, 1.807) is 5.38 Å². The van der Waals surface area contributed by atoms with Gasteiger partial charge in [0.1, 0.15) is 10.0 Å². The first-order chi connectivity index (χ1) is 17.6. The molecule has 0 atom stereocenters. The highest BCUT2D eigenvalue weighted by atomic mass is 35.5. The standard InChI is InChI=1S/C22H20ClFN6O5S2/c1-12-19(20(23)30(2)28-12)37(32,33)29-13-7-8-16(35-18-14(24)5-4-6-17(18)34-3)15(11-13)26-21(31)27-22-25-9-10-36-22/h4-11,29H,1-3H3,(H2,25,26,27,31). The third-order valence-corrected chi connectivity index (χ3v) is 7.63. The van der Waals surface area contributed by atoms with Gasteiger partial charge in [0, 0.05) is 18.6 Å². The molecule has 2 aromatic heterocycles. The number of ether oxygens (including phenoxy) is 2. The van der Waals surface area contributed by atoms with Crippen molar-refractivity contribution in [2.45, 2.75) is 11.8 Å². The molecule has 0 aliphatic carbocycles. The number of carbonyl (C=O) groups is 1. The van der Waals surface area contributed by atoms with Crippen LogP contribution in [0.4, 0.5) is 25.7 Å². The van der Waals surface area contributed by atoms with Gasteiger partial charge in [-0.05, 0) is 37.3 Å². The minimum atomic E-state index is -4.15. The molecule has 0 saturated heterocycles. The SMILES string of the molecule is COc1cccc(F)c1Oc1ccc(NS(=O)(=O)c2c(C)nn(C)c2Cl)cc1NC(=O)Nc1nccs1. The maximum atomic E-state index is 14.5. The molecule has 0 spiro atoms. The van der Waals surface area contributed by atoms with Gasteiger partial charge in [-0.15, -0.1) is 11.3 Å². The molecule has 15 heteroatoms. The number of methoxy groups -OCH3 is 1. The van der Waals surface area contributed by atoms with Crippen molar-refractivity contribution in [3.63, 3.8) is 0 Å². The molecule has 2 amide bonds. The van der Waals surface area contributed by atoms with E-state index in [4.69, 9.17) is 21.1 Å². The lowest BCUT2D eigenvalue weighted by molar-refractivity contribution is 0.262. The van der Waals surface area contributed by atoms with Crippen molar-refractivity contribution >= 4 is 55.5 Å². The van der Waals surface area contributed by atoms with Crippen LogP contribution >= 0.6 is 22.9 Å². The fourth-order valence-electron chi connectivity index (χ4n) is 3.30. The summed E-state index contributed by atoms with van der Waals surface area (Å²) in [4.78, 5) is 16.4. The Morgan fingerprint density at radius 1 is 1.19 bits per heavy atom. The van der Waals surface area contributed by atoms with Crippen LogP contribution in [0.5, 0.6) is 17.2 Å². The molecular weight excluding hydrogens is 547 g/mol. The topological polar surface area (TPSA) is 136 Å². The van der Waals surface area contributed by atoms with E-state index in [-0.39, 0.29) is 44.4 Å². The first-order valence-corrected chi connectivity index (χ1v) is 13.2. The van der Waals surface area contributed by atoms with Gasteiger partial charge in [-0.25, -0.2) is 22.6 Å². The maximum absolute atomic E-state index is 14.5. The van der Waals surface area contributed by atoms with E-state index in [1.165, 1.54) is 79.7 Å². The second-order valence-corrected chi connectivity index (χ2v) is 10.3. The summed E-state index contributed by atoms with van der Waals surface area (Å²) < 4.78 is 55.2. The second kappa shape index (κ2) is 10.6. The summed E-state index contributed by atoms with van der Waals surface area (Å²) in [6.07, 6.45) is 1.51. The normalized spacial score (nSPS) is 11.2. The van der Waals surface area contributed by atoms with Gasteiger partial charge >= 0.3 is 6.03 Å². The number of sulfonamides is 1. The zero-order valence-electron chi connectivity index (χ0n) is 19.6. The lowest BCUT2D eigenvalue weighted by Crippen LogP contribution is -2.20. The van der Waals surface area contributed by atoms with Crippen molar-refractivity contribution in [3.05, 3.63) is 64.6 Å². The molecule has 3 N–H and O–H groups in total. The number of aryl methyl sites for hydroxylation is 2. The van der Waals surface area contributed by atoms with E-state index in [2.05, 4.69) is 25.4 Å². The Hall–Kier alpha value is -3.88. The number of hydrogen-bond donors (Lipinski definition) is 3. The third kappa shape index (κ3) is 5.76. The molecule has 0 saturated carbocycles. The van der Waals surface area contributed by atoms with Crippen molar-refractivity contribution in [3.8, 4) is 17.2 Å². The Morgan fingerprint density at radius 3 is 2.62 bits per heavy atom. The monoisotopic (exact) mass is 566 g/mol. The average Bonchev–Trinajstić information content (AvgIpc) is 3.43. The number of anilines is 3. The van der Waals surface area contributed by atoms with Crippen molar-refractivity contribution in [2.75, 3.05) is 22.5 Å². The zero-order valence-corrected chi connectivity index (χ0v) is 22.0. The molecule has 2 heterocycles. The molecule has 37 heavy (non-hydrogen) atoms. The summed E-state index contributed by atoms with van der Waals surface area (Å²) in [6, 6.07) is 7.49. The van der Waals surface area contributed by atoms with E-state index in [9.17, 15) is 17.6 Å². The molecule has 0 aliphatic heterocycles. The molecule has 0 bridgehead atoms. The number of urea groups is 1. The number of hydrogen-bond acceptors (Lipinski definition) is 8. The summed E-state index contributed by atoms with van der Waals surface area (Å²) in [7, 11) is -1.28. The summed E-state index contributed by atoms with van der Waals surface area (Å²) in [5, 5.41) is 11.1. The number of rotatable bonds is 8. The van der Waals surface area contributed by atoms with Gasteiger partial charge in [-0.3, -0.25) is 14.7 Å². The van der Waals surface area contributed by atoms with Crippen molar-refractivity contribution in [1.82, 2.24) is 14.8 Å². The molecule has 2 aromatic carbocycles. The molecule has 0 radical (unpaired) electrons. The van der Waals surface area contributed by atoms with E-state index in [0.29, 0.717) is 5.13 Å². The number of halogens is 2. The molecule has 194 valence electrons. The van der Waals surface area contributed by atoms with Crippen LogP contribution in [-0.4, -0.2) is 36.3 Å².